The van der Waals surface area contributed by atoms with E-state index in [0.29, 0.717) is 12.8 Å². The number of carbonyl (C=O) groups is 1. The lowest BCUT2D eigenvalue weighted by Gasteiger charge is -2.39. The molecule has 0 aliphatic carbocycles. The van der Waals surface area contributed by atoms with Gasteiger partial charge in [0.1, 0.15) is 5.60 Å². The van der Waals surface area contributed by atoms with E-state index >= 15 is 0 Å². The van der Waals surface area contributed by atoms with Crippen molar-refractivity contribution in [3.8, 4) is 0 Å². The first-order valence-corrected chi connectivity index (χ1v) is 11.8. The zero-order valence-electron chi connectivity index (χ0n) is 17.1. The first-order valence-electron chi connectivity index (χ1n) is 10.2. The standard InChI is InChI=1S/C19H35N3O4S/c1-19(2,3)26-18(23)20-15-11-16-5-6-17(12-15)22(16)27(24,25)13-14-7-9-21(4)10-8-14/h14-17H,5-13H2,1-4H3,(H,20,23)/t15?,16-,17+. The van der Waals surface area contributed by atoms with Crippen molar-refractivity contribution in [1.29, 1.82) is 0 Å². The molecule has 7 nitrogen and oxygen atoms in total. The molecule has 2 bridgehead atoms. The van der Waals surface area contributed by atoms with Crippen molar-refractivity contribution in [2.24, 2.45) is 5.92 Å². The van der Waals surface area contributed by atoms with Crippen LogP contribution in [-0.2, 0) is 14.8 Å². The molecule has 3 heterocycles. The molecule has 8 heteroatoms. The Morgan fingerprint density at radius 3 is 2.15 bits per heavy atom. The molecular weight excluding hydrogens is 366 g/mol. The number of carbonyl (C=O) groups excluding carboxylic acids is 1. The fraction of sp³-hybridized carbons (Fsp3) is 0.947. The zero-order chi connectivity index (χ0) is 19.8. The largest absolute Gasteiger partial charge is 0.444 e. The second kappa shape index (κ2) is 7.87. The average molecular weight is 402 g/mol. The number of sulfonamides is 1. The Balaban J connectivity index is 1.57. The lowest BCUT2D eigenvalue weighted by atomic mass is 9.99. The molecule has 0 spiro atoms. The number of ether oxygens (including phenoxy) is 1. The summed E-state index contributed by atoms with van der Waals surface area (Å²) in [5.41, 5.74) is -0.527. The fourth-order valence-corrected chi connectivity index (χ4v) is 7.19. The maximum atomic E-state index is 13.1. The maximum absolute atomic E-state index is 13.1. The van der Waals surface area contributed by atoms with E-state index in [2.05, 4.69) is 17.3 Å². The molecule has 1 unspecified atom stereocenters. The molecule has 3 fully saturated rings. The van der Waals surface area contributed by atoms with Gasteiger partial charge >= 0.3 is 6.09 Å². The highest BCUT2D eigenvalue weighted by Gasteiger charge is 2.47. The second-order valence-corrected chi connectivity index (χ2v) is 11.5. The summed E-state index contributed by atoms with van der Waals surface area (Å²) in [5.74, 6) is 0.543. The van der Waals surface area contributed by atoms with E-state index in [4.69, 9.17) is 4.74 Å². The molecular formula is C19H35N3O4S. The molecule has 27 heavy (non-hydrogen) atoms. The molecule has 0 aromatic heterocycles. The Morgan fingerprint density at radius 1 is 1.07 bits per heavy atom. The Bertz CT molecular complexity index is 624. The molecule has 3 aliphatic heterocycles. The normalized spacial score (nSPS) is 31.0. The van der Waals surface area contributed by atoms with Gasteiger partial charge in [0.2, 0.25) is 10.0 Å². The van der Waals surface area contributed by atoms with E-state index < -0.39 is 21.7 Å². The number of nitrogens with one attached hydrogen (secondary N) is 1. The third kappa shape index (κ3) is 5.35. The van der Waals surface area contributed by atoms with E-state index in [9.17, 15) is 13.2 Å². The Morgan fingerprint density at radius 2 is 1.63 bits per heavy atom. The highest BCUT2D eigenvalue weighted by Crippen LogP contribution is 2.39. The second-order valence-electron chi connectivity index (χ2n) is 9.55. The third-order valence-electron chi connectivity index (χ3n) is 5.99. The van der Waals surface area contributed by atoms with Crippen molar-refractivity contribution in [3.63, 3.8) is 0 Å². The van der Waals surface area contributed by atoms with Crippen molar-refractivity contribution < 1.29 is 17.9 Å². The van der Waals surface area contributed by atoms with Gasteiger partial charge in [-0.15, -0.1) is 0 Å². The molecule has 0 saturated carbocycles. The Labute approximate surface area is 163 Å². The highest BCUT2D eigenvalue weighted by molar-refractivity contribution is 7.89. The Kier molecular flexibility index (Phi) is 6.08. The lowest BCUT2D eigenvalue weighted by Crippen LogP contribution is -2.54. The lowest BCUT2D eigenvalue weighted by molar-refractivity contribution is 0.0476. The molecule has 0 aromatic rings. The number of hydrogen-bond donors (Lipinski definition) is 1. The van der Waals surface area contributed by atoms with Gasteiger partial charge in [0.05, 0.1) is 5.75 Å². The first-order chi connectivity index (χ1) is 12.5. The average Bonchev–Trinajstić information content (AvgIpc) is 2.81. The van der Waals surface area contributed by atoms with Gasteiger partial charge in [0.15, 0.2) is 0 Å². The van der Waals surface area contributed by atoms with Crippen LogP contribution in [0.4, 0.5) is 4.79 Å². The number of hydrogen-bond acceptors (Lipinski definition) is 5. The summed E-state index contributed by atoms with van der Waals surface area (Å²) in [6, 6.07) is 0.0204. The number of amides is 1. The summed E-state index contributed by atoms with van der Waals surface area (Å²) < 4.78 is 33.4. The monoisotopic (exact) mass is 401 g/mol. The van der Waals surface area contributed by atoms with Gasteiger partial charge in [-0.1, -0.05) is 0 Å². The number of alkyl carbamates (subject to hydrolysis) is 1. The molecule has 1 amide bonds. The van der Waals surface area contributed by atoms with Gasteiger partial charge in [-0.2, -0.15) is 4.31 Å². The summed E-state index contributed by atoms with van der Waals surface area (Å²) >= 11 is 0. The minimum atomic E-state index is -3.25. The Hall–Kier alpha value is -0.860. The van der Waals surface area contributed by atoms with E-state index in [1.807, 2.05) is 20.8 Å². The number of piperidine rings is 2. The number of likely N-dealkylation sites (tertiary alicyclic amines) is 1. The summed E-state index contributed by atoms with van der Waals surface area (Å²) in [4.78, 5) is 14.3. The van der Waals surface area contributed by atoms with Crippen LogP contribution in [0.2, 0.25) is 0 Å². The van der Waals surface area contributed by atoms with Crippen LogP contribution in [0, 0.1) is 5.92 Å². The summed E-state index contributed by atoms with van der Waals surface area (Å²) in [6.45, 7) is 7.49. The smallest absolute Gasteiger partial charge is 0.407 e. The van der Waals surface area contributed by atoms with Crippen LogP contribution >= 0.6 is 0 Å². The molecule has 0 aromatic carbocycles. The molecule has 3 aliphatic rings. The zero-order valence-corrected chi connectivity index (χ0v) is 17.9. The van der Waals surface area contributed by atoms with Gasteiger partial charge in [0.25, 0.3) is 0 Å². The van der Waals surface area contributed by atoms with Crippen molar-refractivity contribution in [1.82, 2.24) is 14.5 Å². The fourth-order valence-electron chi connectivity index (χ4n) is 4.79. The van der Waals surface area contributed by atoms with Crippen LogP contribution in [0.1, 0.15) is 59.3 Å². The van der Waals surface area contributed by atoms with Crippen LogP contribution in [0.3, 0.4) is 0 Å². The predicted octanol–water partition coefficient (Wildman–Crippen LogP) is 2.18. The van der Waals surface area contributed by atoms with Crippen LogP contribution in [0.5, 0.6) is 0 Å². The van der Waals surface area contributed by atoms with Crippen molar-refractivity contribution in [2.75, 3.05) is 25.9 Å². The van der Waals surface area contributed by atoms with E-state index in [0.717, 1.165) is 38.8 Å². The van der Waals surface area contributed by atoms with E-state index in [-0.39, 0.29) is 29.8 Å². The quantitative estimate of drug-likeness (QED) is 0.781. The molecule has 156 valence electrons. The van der Waals surface area contributed by atoms with Crippen LogP contribution in [0.25, 0.3) is 0 Å². The number of nitrogens with zero attached hydrogens (tertiary/aromatic N) is 2. The maximum Gasteiger partial charge on any atom is 0.407 e. The first kappa shape index (κ1) is 20.9. The van der Waals surface area contributed by atoms with Crippen molar-refractivity contribution >= 4 is 16.1 Å². The van der Waals surface area contributed by atoms with Crippen LogP contribution < -0.4 is 5.32 Å². The minimum Gasteiger partial charge on any atom is -0.444 e. The minimum absolute atomic E-state index is 0.00729. The highest BCUT2D eigenvalue weighted by atomic mass is 32.2. The van der Waals surface area contributed by atoms with E-state index in [1.165, 1.54) is 0 Å². The molecule has 3 atom stereocenters. The molecule has 3 saturated heterocycles. The van der Waals surface area contributed by atoms with Gasteiger partial charge < -0.3 is 15.0 Å². The van der Waals surface area contributed by atoms with Gasteiger partial charge in [-0.05, 0) is 85.4 Å². The van der Waals surface area contributed by atoms with Gasteiger partial charge in [-0.25, -0.2) is 13.2 Å². The van der Waals surface area contributed by atoms with Crippen LogP contribution in [-0.4, -0.2) is 73.3 Å². The number of fused-ring (bicyclic) bond motifs is 2. The SMILES string of the molecule is CN1CCC(CS(=O)(=O)N2[C@@H]3CC[C@H]2CC(NC(=O)OC(C)(C)C)C3)CC1. The van der Waals surface area contributed by atoms with Gasteiger partial charge in [-0.3, -0.25) is 0 Å². The predicted molar refractivity (Wildman–Crippen MR) is 105 cm³/mol. The van der Waals surface area contributed by atoms with Crippen molar-refractivity contribution in [3.05, 3.63) is 0 Å². The van der Waals surface area contributed by atoms with Gasteiger partial charge in [0, 0.05) is 18.1 Å². The molecule has 3 rings (SSSR count). The molecule has 1 N–H and O–H groups in total. The van der Waals surface area contributed by atoms with Crippen LogP contribution in [0.15, 0.2) is 0 Å². The summed E-state index contributed by atoms with van der Waals surface area (Å²) in [6.07, 6.45) is 4.66. The topological polar surface area (TPSA) is 79.0 Å². The van der Waals surface area contributed by atoms with Crippen molar-refractivity contribution in [2.45, 2.75) is 83.0 Å². The molecule has 0 radical (unpaired) electrons. The summed E-state index contributed by atoms with van der Waals surface area (Å²) in [7, 11) is -1.16. The summed E-state index contributed by atoms with van der Waals surface area (Å²) in [5, 5.41) is 2.95. The van der Waals surface area contributed by atoms with E-state index in [1.54, 1.807) is 4.31 Å². The number of rotatable bonds is 4. The third-order valence-corrected chi connectivity index (χ3v) is 8.12.